The van der Waals surface area contributed by atoms with E-state index in [0.717, 1.165) is 0 Å². The van der Waals surface area contributed by atoms with Crippen LogP contribution in [0.1, 0.15) is 11.1 Å². The molecule has 0 fully saturated rings. The number of nitrogens with zero attached hydrogens (tertiary/aromatic N) is 5. The standard InChI is InChI=1S/C23H15FN6O/c24-22-11-16(5-6-28-22)19-3-1-15(9-17(19)12-25)10-23(31)30-18-2-4-20(29-13-18)21-14-26-7-8-27-21/h1-9,11,13-14H,10H2,(H,30,31). The molecule has 0 unspecified atom stereocenters. The van der Waals surface area contributed by atoms with Crippen LogP contribution in [0.4, 0.5) is 10.1 Å². The van der Waals surface area contributed by atoms with E-state index in [-0.39, 0.29) is 12.3 Å². The summed E-state index contributed by atoms with van der Waals surface area (Å²) >= 11 is 0. The van der Waals surface area contributed by atoms with E-state index >= 15 is 0 Å². The van der Waals surface area contributed by atoms with Gasteiger partial charge >= 0.3 is 0 Å². The summed E-state index contributed by atoms with van der Waals surface area (Å²) in [7, 11) is 0. The van der Waals surface area contributed by atoms with Crippen molar-refractivity contribution in [3.8, 4) is 28.6 Å². The van der Waals surface area contributed by atoms with Crippen molar-refractivity contribution in [3.05, 3.63) is 90.5 Å². The van der Waals surface area contributed by atoms with Crippen LogP contribution in [-0.2, 0) is 11.2 Å². The molecule has 1 amide bonds. The Morgan fingerprint density at radius 2 is 1.87 bits per heavy atom. The largest absolute Gasteiger partial charge is 0.324 e. The summed E-state index contributed by atoms with van der Waals surface area (Å²) in [5, 5.41) is 12.3. The molecule has 0 saturated heterocycles. The number of pyridine rings is 2. The van der Waals surface area contributed by atoms with Crippen molar-refractivity contribution >= 4 is 11.6 Å². The van der Waals surface area contributed by atoms with Gasteiger partial charge in [-0.15, -0.1) is 0 Å². The van der Waals surface area contributed by atoms with E-state index in [1.165, 1.54) is 12.3 Å². The van der Waals surface area contributed by atoms with Crippen LogP contribution in [0.15, 0.2) is 73.4 Å². The highest BCUT2D eigenvalue weighted by atomic mass is 19.1. The average Bonchev–Trinajstić information content (AvgIpc) is 2.80. The minimum absolute atomic E-state index is 0.0750. The van der Waals surface area contributed by atoms with Crippen LogP contribution in [-0.4, -0.2) is 25.8 Å². The molecule has 0 aliphatic heterocycles. The summed E-state index contributed by atoms with van der Waals surface area (Å²) in [5.74, 6) is -0.871. The molecule has 0 atom stereocenters. The first kappa shape index (κ1) is 19.8. The van der Waals surface area contributed by atoms with Crippen LogP contribution in [0.2, 0.25) is 0 Å². The van der Waals surface area contributed by atoms with Crippen LogP contribution in [0.3, 0.4) is 0 Å². The van der Waals surface area contributed by atoms with Crippen molar-refractivity contribution < 1.29 is 9.18 Å². The molecule has 0 spiro atoms. The summed E-state index contributed by atoms with van der Waals surface area (Å²) in [6.45, 7) is 0. The lowest BCUT2D eigenvalue weighted by atomic mass is 9.98. The molecule has 4 aromatic rings. The molecule has 31 heavy (non-hydrogen) atoms. The molecule has 0 radical (unpaired) electrons. The molecule has 1 aromatic carbocycles. The number of aromatic nitrogens is 4. The normalized spacial score (nSPS) is 10.3. The number of benzene rings is 1. The zero-order valence-electron chi connectivity index (χ0n) is 16.2. The summed E-state index contributed by atoms with van der Waals surface area (Å²) in [5.41, 5.74) is 3.97. The van der Waals surface area contributed by atoms with Crippen LogP contribution in [0.25, 0.3) is 22.5 Å². The molecular weight excluding hydrogens is 395 g/mol. The second kappa shape index (κ2) is 8.88. The molecule has 0 aliphatic rings. The minimum Gasteiger partial charge on any atom is -0.324 e. The average molecular weight is 410 g/mol. The number of carbonyl (C=O) groups excluding carboxylic acids is 1. The maximum atomic E-state index is 13.4. The van der Waals surface area contributed by atoms with Gasteiger partial charge in [-0.3, -0.25) is 19.7 Å². The molecule has 7 nitrogen and oxygen atoms in total. The highest BCUT2D eigenvalue weighted by Crippen LogP contribution is 2.25. The predicted molar refractivity (Wildman–Crippen MR) is 112 cm³/mol. The van der Waals surface area contributed by atoms with E-state index < -0.39 is 5.95 Å². The van der Waals surface area contributed by atoms with Crippen molar-refractivity contribution in [1.82, 2.24) is 19.9 Å². The fraction of sp³-hybridized carbons (Fsp3) is 0.0435. The van der Waals surface area contributed by atoms with Crippen molar-refractivity contribution in [2.45, 2.75) is 6.42 Å². The van der Waals surface area contributed by atoms with Crippen molar-refractivity contribution in [2.24, 2.45) is 0 Å². The summed E-state index contributed by atoms with van der Waals surface area (Å²) in [4.78, 5) is 28.4. The van der Waals surface area contributed by atoms with Gasteiger partial charge in [0.15, 0.2) is 0 Å². The molecule has 8 heteroatoms. The van der Waals surface area contributed by atoms with Gasteiger partial charge < -0.3 is 5.32 Å². The third kappa shape index (κ3) is 4.74. The molecule has 0 aliphatic carbocycles. The van der Waals surface area contributed by atoms with Gasteiger partial charge in [0.1, 0.15) is 5.69 Å². The Bertz CT molecular complexity index is 1270. The first-order chi connectivity index (χ1) is 15.1. The highest BCUT2D eigenvalue weighted by Gasteiger charge is 2.11. The first-order valence-electron chi connectivity index (χ1n) is 9.29. The van der Waals surface area contributed by atoms with E-state index in [2.05, 4.69) is 31.3 Å². The number of carbonyl (C=O) groups is 1. The minimum atomic E-state index is -0.621. The number of hydrogen-bond donors (Lipinski definition) is 1. The van der Waals surface area contributed by atoms with Gasteiger partial charge in [0.2, 0.25) is 11.9 Å². The zero-order valence-corrected chi connectivity index (χ0v) is 16.2. The lowest BCUT2D eigenvalue weighted by Gasteiger charge is -2.09. The van der Waals surface area contributed by atoms with Gasteiger partial charge in [-0.05, 0) is 41.0 Å². The van der Waals surface area contributed by atoms with Gasteiger partial charge in [-0.25, -0.2) is 4.98 Å². The Labute approximate surface area is 177 Å². The fourth-order valence-corrected chi connectivity index (χ4v) is 3.06. The number of hydrogen-bond acceptors (Lipinski definition) is 6. The number of nitriles is 1. The maximum absolute atomic E-state index is 13.4. The number of nitrogens with one attached hydrogen (secondary N) is 1. The molecule has 0 bridgehead atoms. The summed E-state index contributed by atoms with van der Waals surface area (Å²) < 4.78 is 13.4. The molecule has 0 saturated carbocycles. The Morgan fingerprint density at radius 3 is 2.58 bits per heavy atom. The second-order valence-corrected chi connectivity index (χ2v) is 6.61. The molecule has 4 rings (SSSR count). The number of anilines is 1. The summed E-state index contributed by atoms with van der Waals surface area (Å²) in [6, 6.07) is 13.5. The van der Waals surface area contributed by atoms with E-state index in [1.54, 1.807) is 61.2 Å². The Morgan fingerprint density at radius 1 is 0.968 bits per heavy atom. The second-order valence-electron chi connectivity index (χ2n) is 6.61. The third-order valence-corrected chi connectivity index (χ3v) is 4.48. The van der Waals surface area contributed by atoms with E-state index in [0.29, 0.717) is 39.3 Å². The van der Waals surface area contributed by atoms with Gasteiger partial charge in [0.05, 0.1) is 41.8 Å². The maximum Gasteiger partial charge on any atom is 0.228 e. The molecule has 1 N–H and O–H groups in total. The van der Waals surface area contributed by atoms with E-state index in [4.69, 9.17) is 0 Å². The number of rotatable bonds is 5. The van der Waals surface area contributed by atoms with Gasteiger partial charge in [-0.2, -0.15) is 9.65 Å². The van der Waals surface area contributed by atoms with E-state index in [1.807, 2.05) is 0 Å². The Hall–Kier alpha value is -4.51. The third-order valence-electron chi connectivity index (χ3n) is 4.48. The van der Waals surface area contributed by atoms with Gasteiger partial charge in [-0.1, -0.05) is 12.1 Å². The van der Waals surface area contributed by atoms with E-state index in [9.17, 15) is 14.4 Å². The number of halogens is 1. The quantitative estimate of drug-likeness (QED) is 0.502. The molecule has 3 aromatic heterocycles. The first-order valence-corrected chi connectivity index (χ1v) is 9.29. The van der Waals surface area contributed by atoms with Crippen LogP contribution in [0, 0.1) is 17.3 Å². The van der Waals surface area contributed by atoms with Crippen molar-refractivity contribution in [1.29, 1.82) is 5.26 Å². The van der Waals surface area contributed by atoms with Crippen molar-refractivity contribution in [2.75, 3.05) is 5.32 Å². The SMILES string of the molecule is N#Cc1cc(CC(=O)Nc2ccc(-c3cnccn3)nc2)ccc1-c1ccnc(F)c1. The number of amides is 1. The fourth-order valence-electron chi connectivity index (χ4n) is 3.06. The van der Waals surface area contributed by atoms with Gasteiger partial charge in [0, 0.05) is 24.7 Å². The molecule has 150 valence electrons. The monoisotopic (exact) mass is 410 g/mol. The zero-order chi connectivity index (χ0) is 21.6. The van der Waals surface area contributed by atoms with Crippen molar-refractivity contribution in [3.63, 3.8) is 0 Å². The topological polar surface area (TPSA) is 104 Å². The van der Waals surface area contributed by atoms with Gasteiger partial charge in [0.25, 0.3) is 0 Å². The Balaban J connectivity index is 1.46. The smallest absolute Gasteiger partial charge is 0.228 e. The Kier molecular flexibility index (Phi) is 5.67. The molecular formula is C23H15FN6O. The lowest BCUT2D eigenvalue weighted by Crippen LogP contribution is -2.14. The van der Waals surface area contributed by atoms with Crippen LogP contribution >= 0.6 is 0 Å². The predicted octanol–water partition coefficient (Wildman–Crippen LogP) is 3.79. The lowest BCUT2D eigenvalue weighted by molar-refractivity contribution is -0.115. The molecule has 3 heterocycles. The summed E-state index contributed by atoms with van der Waals surface area (Å²) in [6.07, 6.45) is 7.74. The highest BCUT2D eigenvalue weighted by molar-refractivity contribution is 5.92. The van der Waals surface area contributed by atoms with Crippen LogP contribution < -0.4 is 5.32 Å². The van der Waals surface area contributed by atoms with Crippen LogP contribution in [0.5, 0.6) is 0 Å².